The number of nitrogens with one attached hydrogen (secondary N) is 2. The van der Waals surface area contributed by atoms with Crippen molar-refractivity contribution in [1.82, 2.24) is 25.1 Å². The Bertz CT molecular complexity index is 809. The Morgan fingerprint density at radius 2 is 2.06 bits per heavy atom. The molecular formula is C13H9N5. The van der Waals surface area contributed by atoms with Crippen LogP contribution in [0.25, 0.3) is 33.3 Å². The molecule has 0 aliphatic heterocycles. The molecule has 0 spiro atoms. The van der Waals surface area contributed by atoms with Crippen LogP contribution >= 0.6 is 0 Å². The molecule has 18 heavy (non-hydrogen) atoms. The monoisotopic (exact) mass is 235 g/mol. The summed E-state index contributed by atoms with van der Waals surface area (Å²) in [4.78, 5) is 11.8. The zero-order chi connectivity index (χ0) is 11.9. The van der Waals surface area contributed by atoms with Gasteiger partial charge in [-0.3, -0.25) is 15.1 Å². The predicted octanol–water partition coefficient (Wildman–Crippen LogP) is 2.50. The molecular weight excluding hydrogens is 226 g/mol. The minimum atomic E-state index is 0.835. The average molecular weight is 235 g/mol. The van der Waals surface area contributed by atoms with E-state index in [9.17, 15) is 0 Å². The summed E-state index contributed by atoms with van der Waals surface area (Å²) >= 11 is 0. The third-order valence-corrected chi connectivity index (χ3v) is 3.00. The zero-order valence-corrected chi connectivity index (χ0v) is 9.38. The lowest BCUT2D eigenvalue weighted by atomic mass is 10.2. The van der Waals surface area contributed by atoms with Crippen LogP contribution in [-0.2, 0) is 0 Å². The summed E-state index contributed by atoms with van der Waals surface area (Å²) in [6, 6.07) is 7.83. The van der Waals surface area contributed by atoms with Gasteiger partial charge in [0.2, 0.25) is 0 Å². The SMILES string of the molecule is c1cnc2c(-c3cc4cnccc4[nH]3)n[nH]c2c1. The number of rotatable bonds is 1. The number of hydrogen-bond donors (Lipinski definition) is 2. The van der Waals surface area contributed by atoms with E-state index in [4.69, 9.17) is 0 Å². The van der Waals surface area contributed by atoms with Crippen LogP contribution in [0.4, 0.5) is 0 Å². The molecule has 0 amide bonds. The number of fused-ring (bicyclic) bond motifs is 2. The maximum Gasteiger partial charge on any atom is 0.135 e. The second-order valence-corrected chi connectivity index (χ2v) is 4.12. The zero-order valence-electron chi connectivity index (χ0n) is 9.38. The molecule has 0 aliphatic rings. The van der Waals surface area contributed by atoms with E-state index < -0.39 is 0 Å². The fourth-order valence-corrected chi connectivity index (χ4v) is 2.14. The molecule has 0 bridgehead atoms. The fourth-order valence-electron chi connectivity index (χ4n) is 2.14. The van der Waals surface area contributed by atoms with Gasteiger partial charge in [-0.25, -0.2) is 0 Å². The highest BCUT2D eigenvalue weighted by molar-refractivity contribution is 5.92. The van der Waals surface area contributed by atoms with Gasteiger partial charge < -0.3 is 4.98 Å². The van der Waals surface area contributed by atoms with Crippen LogP contribution in [-0.4, -0.2) is 25.1 Å². The molecule has 4 heterocycles. The summed E-state index contributed by atoms with van der Waals surface area (Å²) < 4.78 is 0. The standard InChI is InChI=1S/C13H9N5/c1-2-10-12(15-4-1)13(18-17-10)11-6-8-7-14-5-3-9(8)16-11/h1-7,16H,(H,17,18). The van der Waals surface area contributed by atoms with E-state index in [0.717, 1.165) is 33.3 Å². The van der Waals surface area contributed by atoms with Crippen molar-refractivity contribution < 1.29 is 0 Å². The molecule has 0 aliphatic carbocycles. The summed E-state index contributed by atoms with van der Waals surface area (Å²) in [5.74, 6) is 0. The highest BCUT2D eigenvalue weighted by Crippen LogP contribution is 2.26. The first-order valence-electron chi connectivity index (χ1n) is 5.64. The molecule has 4 rings (SSSR count). The van der Waals surface area contributed by atoms with Crippen LogP contribution in [0.3, 0.4) is 0 Å². The van der Waals surface area contributed by atoms with E-state index in [2.05, 4.69) is 25.1 Å². The highest BCUT2D eigenvalue weighted by Gasteiger charge is 2.11. The summed E-state index contributed by atoms with van der Waals surface area (Å²) in [7, 11) is 0. The normalized spacial score (nSPS) is 11.3. The van der Waals surface area contributed by atoms with Crippen molar-refractivity contribution in [3.05, 3.63) is 42.9 Å². The summed E-state index contributed by atoms with van der Waals surface area (Å²) in [5.41, 5.74) is 4.64. The Morgan fingerprint density at radius 3 is 3.00 bits per heavy atom. The van der Waals surface area contributed by atoms with Crippen LogP contribution in [0, 0.1) is 0 Å². The van der Waals surface area contributed by atoms with Gasteiger partial charge in [-0.1, -0.05) is 0 Å². The van der Waals surface area contributed by atoms with Gasteiger partial charge in [0.15, 0.2) is 0 Å². The molecule has 0 atom stereocenters. The molecule has 86 valence electrons. The highest BCUT2D eigenvalue weighted by atomic mass is 15.1. The van der Waals surface area contributed by atoms with Gasteiger partial charge in [0.25, 0.3) is 0 Å². The summed E-state index contributed by atoms with van der Waals surface area (Å²) in [6.07, 6.45) is 5.37. The lowest BCUT2D eigenvalue weighted by molar-refractivity contribution is 1.12. The quantitative estimate of drug-likeness (QED) is 0.532. The Kier molecular flexibility index (Phi) is 1.77. The number of H-pyrrole nitrogens is 2. The van der Waals surface area contributed by atoms with Crippen LogP contribution in [0.15, 0.2) is 42.9 Å². The second-order valence-electron chi connectivity index (χ2n) is 4.12. The predicted molar refractivity (Wildman–Crippen MR) is 69.0 cm³/mol. The van der Waals surface area contributed by atoms with Crippen molar-refractivity contribution in [3.63, 3.8) is 0 Å². The molecule has 0 unspecified atom stereocenters. The maximum atomic E-state index is 4.36. The lowest BCUT2D eigenvalue weighted by Gasteiger charge is -1.91. The van der Waals surface area contributed by atoms with Gasteiger partial charge in [-0.05, 0) is 24.3 Å². The van der Waals surface area contributed by atoms with Gasteiger partial charge in [0, 0.05) is 29.5 Å². The van der Waals surface area contributed by atoms with Gasteiger partial charge in [0.1, 0.15) is 11.2 Å². The van der Waals surface area contributed by atoms with E-state index >= 15 is 0 Å². The Hall–Kier alpha value is -2.69. The average Bonchev–Trinajstić information content (AvgIpc) is 3.02. The largest absolute Gasteiger partial charge is 0.353 e. The van der Waals surface area contributed by atoms with E-state index in [-0.39, 0.29) is 0 Å². The lowest BCUT2D eigenvalue weighted by Crippen LogP contribution is -1.79. The first-order chi connectivity index (χ1) is 8.92. The Morgan fingerprint density at radius 1 is 1.06 bits per heavy atom. The molecule has 5 nitrogen and oxygen atoms in total. The molecule has 0 fully saturated rings. The third kappa shape index (κ3) is 1.24. The maximum absolute atomic E-state index is 4.36. The molecule has 0 saturated heterocycles. The number of hydrogen-bond acceptors (Lipinski definition) is 3. The van der Waals surface area contributed by atoms with Crippen LogP contribution < -0.4 is 0 Å². The van der Waals surface area contributed by atoms with Crippen LogP contribution in [0.2, 0.25) is 0 Å². The first kappa shape index (κ1) is 9.35. The molecule has 0 aromatic carbocycles. The van der Waals surface area contributed by atoms with E-state index in [0.29, 0.717) is 0 Å². The van der Waals surface area contributed by atoms with E-state index in [1.165, 1.54) is 0 Å². The summed E-state index contributed by atoms with van der Waals surface area (Å²) in [5, 5.41) is 8.37. The van der Waals surface area contributed by atoms with Crippen molar-refractivity contribution in [2.24, 2.45) is 0 Å². The van der Waals surface area contributed by atoms with Crippen LogP contribution in [0.5, 0.6) is 0 Å². The topological polar surface area (TPSA) is 70.2 Å². The minimum Gasteiger partial charge on any atom is -0.353 e. The van der Waals surface area contributed by atoms with Crippen molar-refractivity contribution in [2.45, 2.75) is 0 Å². The smallest absolute Gasteiger partial charge is 0.135 e. The van der Waals surface area contributed by atoms with Crippen LogP contribution in [0.1, 0.15) is 0 Å². The number of aromatic amines is 2. The Labute approximate surface area is 102 Å². The molecule has 0 radical (unpaired) electrons. The Balaban J connectivity index is 2.01. The molecule has 4 aromatic rings. The first-order valence-corrected chi connectivity index (χ1v) is 5.64. The van der Waals surface area contributed by atoms with Gasteiger partial charge >= 0.3 is 0 Å². The number of aromatic nitrogens is 5. The number of nitrogens with zero attached hydrogens (tertiary/aromatic N) is 3. The molecule has 2 N–H and O–H groups in total. The number of pyridine rings is 2. The third-order valence-electron chi connectivity index (χ3n) is 3.00. The van der Waals surface area contributed by atoms with Gasteiger partial charge in [-0.15, -0.1) is 0 Å². The molecule has 0 saturated carbocycles. The molecule has 4 aromatic heterocycles. The summed E-state index contributed by atoms with van der Waals surface area (Å²) in [6.45, 7) is 0. The van der Waals surface area contributed by atoms with Crippen molar-refractivity contribution in [1.29, 1.82) is 0 Å². The second kappa shape index (κ2) is 3.40. The van der Waals surface area contributed by atoms with Gasteiger partial charge in [0.05, 0.1) is 11.2 Å². The van der Waals surface area contributed by atoms with E-state index in [1.807, 2.05) is 30.5 Å². The van der Waals surface area contributed by atoms with Gasteiger partial charge in [-0.2, -0.15) is 5.10 Å². The molecule has 5 heteroatoms. The van der Waals surface area contributed by atoms with Crippen molar-refractivity contribution in [3.8, 4) is 11.4 Å². The minimum absolute atomic E-state index is 0.835. The van der Waals surface area contributed by atoms with E-state index in [1.54, 1.807) is 12.4 Å². The van der Waals surface area contributed by atoms with Crippen molar-refractivity contribution in [2.75, 3.05) is 0 Å². The fraction of sp³-hybridized carbons (Fsp3) is 0. The van der Waals surface area contributed by atoms with Crippen molar-refractivity contribution >= 4 is 21.9 Å².